The predicted molar refractivity (Wildman–Crippen MR) is 69.4 cm³/mol. The molecule has 1 atom stereocenters. The maximum absolute atomic E-state index is 13.3. The number of ether oxygens (including phenoxy) is 1. The van der Waals surface area contributed by atoms with Crippen molar-refractivity contribution < 1.29 is 23.2 Å². The lowest BCUT2D eigenvalue weighted by Gasteiger charge is -2.31. The van der Waals surface area contributed by atoms with Crippen molar-refractivity contribution in [3.63, 3.8) is 0 Å². The number of morpholine rings is 1. The summed E-state index contributed by atoms with van der Waals surface area (Å²) >= 11 is 5.64. The number of carbonyl (C=O) groups is 1. The molecule has 2 rings (SSSR count). The molecule has 1 fully saturated rings. The molecule has 1 aromatic carbocycles. The molecule has 1 amide bonds. The fraction of sp³-hybridized carbons (Fsp3) is 0.417. The molecule has 1 aliphatic heterocycles. The van der Waals surface area contributed by atoms with Crippen molar-refractivity contribution in [2.75, 3.05) is 25.6 Å². The van der Waals surface area contributed by atoms with Crippen LogP contribution in [-0.2, 0) is 4.74 Å². The Morgan fingerprint density at radius 1 is 1.48 bits per heavy atom. The van der Waals surface area contributed by atoms with Crippen molar-refractivity contribution in [2.24, 2.45) is 0 Å². The van der Waals surface area contributed by atoms with Gasteiger partial charge in [-0.25, -0.2) is 8.78 Å². The molecule has 1 aliphatic rings. The molecular formula is C12H11ClF2N2O4. The minimum absolute atomic E-state index is 0.137. The highest BCUT2D eigenvalue weighted by atomic mass is 35.5. The van der Waals surface area contributed by atoms with E-state index < -0.39 is 39.8 Å². The number of carbonyl (C=O) groups excluding carboxylic acids is 1. The molecule has 21 heavy (non-hydrogen) atoms. The number of halogens is 3. The van der Waals surface area contributed by atoms with Crippen molar-refractivity contribution in [1.82, 2.24) is 4.90 Å². The van der Waals surface area contributed by atoms with E-state index in [4.69, 9.17) is 16.3 Å². The van der Waals surface area contributed by atoms with Crippen LogP contribution in [0.4, 0.5) is 14.5 Å². The van der Waals surface area contributed by atoms with Crippen LogP contribution < -0.4 is 0 Å². The maximum Gasteiger partial charge on any atom is 0.285 e. The van der Waals surface area contributed by atoms with Gasteiger partial charge in [-0.05, 0) is 6.07 Å². The highest BCUT2D eigenvalue weighted by Crippen LogP contribution is 2.24. The number of hydrogen-bond donors (Lipinski definition) is 0. The summed E-state index contributed by atoms with van der Waals surface area (Å²) in [4.78, 5) is 23.5. The van der Waals surface area contributed by atoms with Gasteiger partial charge in [-0.2, -0.15) is 0 Å². The zero-order valence-corrected chi connectivity index (χ0v) is 11.5. The fourth-order valence-corrected chi connectivity index (χ4v) is 2.21. The first-order valence-electron chi connectivity index (χ1n) is 6.04. The lowest BCUT2D eigenvalue weighted by atomic mass is 10.1. The summed E-state index contributed by atoms with van der Waals surface area (Å²) < 4.78 is 31.6. The second kappa shape index (κ2) is 6.31. The normalized spacial score (nSPS) is 18.6. The first-order chi connectivity index (χ1) is 9.93. The van der Waals surface area contributed by atoms with E-state index in [2.05, 4.69) is 0 Å². The number of amides is 1. The topological polar surface area (TPSA) is 72.7 Å². The molecule has 0 N–H and O–H groups in total. The van der Waals surface area contributed by atoms with Crippen LogP contribution in [0.25, 0.3) is 0 Å². The summed E-state index contributed by atoms with van der Waals surface area (Å²) in [6.45, 7) is 0.557. The molecule has 1 saturated heterocycles. The van der Waals surface area contributed by atoms with Crippen LogP contribution in [0.15, 0.2) is 12.1 Å². The Labute approximate surface area is 123 Å². The van der Waals surface area contributed by atoms with Crippen molar-refractivity contribution in [1.29, 1.82) is 0 Å². The molecule has 1 aromatic rings. The van der Waals surface area contributed by atoms with E-state index in [-0.39, 0.29) is 25.6 Å². The fourth-order valence-electron chi connectivity index (χ4n) is 2.03. The summed E-state index contributed by atoms with van der Waals surface area (Å²) in [5, 5.41) is 10.9. The van der Waals surface area contributed by atoms with Crippen molar-refractivity contribution in [3.8, 4) is 0 Å². The Hall–Kier alpha value is -1.80. The van der Waals surface area contributed by atoms with Gasteiger partial charge in [0.2, 0.25) is 0 Å². The van der Waals surface area contributed by atoms with Gasteiger partial charge in [-0.1, -0.05) is 0 Å². The summed E-state index contributed by atoms with van der Waals surface area (Å²) in [6.07, 6.45) is -0.395. The van der Waals surface area contributed by atoms with Crippen LogP contribution in [0.2, 0.25) is 0 Å². The third-order valence-electron chi connectivity index (χ3n) is 3.06. The summed E-state index contributed by atoms with van der Waals surface area (Å²) in [5.41, 5.74) is -1.26. The molecular weight excluding hydrogens is 310 g/mol. The van der Waals surface area contributed by atoms with Crippen LogP contribution in [-0.4, -0.2) is 47.4 Å². The van der Waals surface area contributed by atoms with Crippen LogP contribution in [0.3, 0.4) is 0 Å². The van der Waals surface area contributed by atoms with E-state index in [0.29, 0.717) is 12.1 Å². The van der Waals surface area contributed by atoms with Gasteiger partial charge in [-0.3, -0.25) is 14.9 Å². The van der Waals surface area contributed by atoms with Gasteiger partial charge in [0.25, 0.3) is 11.6 Å². The van der Waals surface area contributed by atoms with Gasteiger partial charge >= 0.3 is 0 Å². The average Bonchev–Trinajstić information content (AvgIpc) is 2.48. The van der Waals surface area contributed by atoms with Crippen molar-refractivity contribution in [2.45, 2.75) is 6.10 Å². The predicted octanol–water partition coefficient (Wildman–Crippen LogP) is 1.95. The van der Waals surface area contributed by atoms with Crippen LogP contribution in [0.1, 0.15) is 10.4 Å². The number of alkyl halides is 1. The molecule has 0 aromatic heterocycles. The number of rotatable bonds is 3. The smallest absolute Gasteiger partial charge is 0.285 e. The number of benzene rings is 1. The Morgan fingerprint density at radius 2 is 2.14 bits per heavy atom. The second-order valence-electron chi connectivity index (χ2n) is 4.44. The molecule has 9 heteroatoms. The van der Waals surface area contributed by atoms with Crippen LogP contribution in [0, 0.1) is 21.7 Å². The zero-order chi connectivity index (χ0) is 15.6. The SMILES string of the molecule is O=C(c1cc(F)c(F)cc1[N+](=O)[O-])N1CCOC(CCl)C1. The summed E-state index contributed by atoms with van der Waals surface area (Å²) in [7, 11) is 0. The summed E-state index contributed by atoms with van der Waals surface area (Å²) in [6, 6.07) is 0.947. The molecule has 1 heterocycles. The van der Waals surface area contributed by atoms with E-state index in [1.807, 2.05) is 0 Å². The molecule has 1 unspecified atom stereocenters. The Morgan fingerprint density at radius 3 is 2.76 bits per heavy atom. The number of nitrogens with zero attached hydrogens (tertiary/aromatic N) is 2. The van der Waals surface area contributed by atoms with Crippen molar-refractivity contribution in [3.05, 3.63) is 39.4 Å². The third-order valence-corrected chi connectivity index (χ3v) is 3.41. The highest BCUT2D eigenvalue weighted by Gasteiger charge is 2.30. The first kappa shape index (κ1) is 15.6. The quantitative estimate of drug-likeness (QED) is 0.485. The third kappa shape index (κ3) is 3.27. The minimum Gasteiger partial charge on any atom is -0.373 e. The maximum atomic E-state index is 13.3. The van der Waals surface area contributed by atoms with Crippen molar-refractivity contribution >= 4 is 23.2 Å². The Kier molecular flexibility index (Phi) is 4.69. The number of nitro benzene ring substituents is 1. The monoisotopic (exact) mass is 320 g/mol. The van der Waals surface area contributed by atoms with Crippen LogP contribution >= 0.6 is 11.6 Å². The summed E-state index contributed by atoms with van der Waals surface area (Å²) in [5.74, 6) is -3.28. The van der Waals surface area contributed by atoms with E-state index >= 15 is 0 Å². The Balaban J connectivity index is 2.34. The number of hydrogen-bond acceptors (Lipinski definition) is 4. The van der Waals surface area contributed by atoms with Gasteiger partial charge in [0.15, 0.2) is 11.6 Å². The highest BCUT2D eigenvalue weighted by molar-refractivity contribution is 6.18. The van der Waals surface area contributed by atoms with Gasteiger partial charge in [0.05, 0.1) is 29.6 Å². The molecule has 114 valence electrons. The molecule has 0 spiro atoms. The molecule has 0 bridgehead atoms. The zero-order valence-electron chi connectivity index (χ0n) is 10.7. The van der Waals surface area contributed by atoms with E-state index in [0.717, 1.165) is 0 Å². The largest absolute Gasteiger partial charge is 0.373 e. The molecule has 0 aliphatic carbocycles. The van der Waals surface area contributed by atoms with Gasteiger partial charge in [0, 0.05) is 13.1 Å². The minimum atomic E-state index is -1.38. The standard InChI is InChI=1S/C12H11ClF2N2O4/c13-5-7-6-16(1-2-21-7)12(18)8-3-9(14)10(15)4-11(8)17(19)20/h3-4,7H,1-2,5-6H2. The molecule has 0 radical (unpaired) electrons. The van der Waals surface area contributed by atoms with Gasteiger partial charge in [-0.15, -0.1) is 11.6 Å². The van der Waals surface area contributed by atoms with Gasteiger partial charge < -0.3 is 9.64 Å². The first-order valence-corrected chi connectivity index (χ1v) is 6.57. The van der Waals surface area contributed by atoms with Crippen LogP contribution in [0.5, 0.6) is 0 Å². The van der Waals surface area contributed by atoms with E-state index in [9.17, 15) is 23.7 Å². The molecule has 6 nitrogen and oxygen atoms in total. The Bertz CT molecular complexity index is 585. The molecule has 0 saturated carbocycles. The average molecular weight is 321 g/mol. The van der Waals surface area contributed by atoms with E-state index in [1.54, 1.807) is 0 Å². The lowest BCUT2D eigenvalue weighted by Crippen LogP contribution is -2.46. The number of nitro groups is 1. The van der Waals surface area contributed by atoms with E-state index in [1.165, 1.54) is 4.90 Å². The second-order valence-corrected chi connectivity index (χ2v) is 4.75. The van der Waals surface area contributed by atoms with Gasteiger partial charge in [0.1, 0.15) is 5.56 Å². The lowest BCUT2D eigenvalue weighted by molar-refractivity contribution is -0.385.